The molecule has 1 aromatic heterocycles. The number of aryl methyl sites for hydroxylation is 2. The maximum absolute atomic E-state index is 9.17. The zero-order valence-corrected chi connectivity index (χ0v) is 14.2. The van der Waals surface area contributed by atoms with E-state index in [9.17, 15) is 5.26 Å². The molecule has 1 aromatic carbocycles. The van der Waals surface area contributed by atoms with E-state index < -0.39 is 0 Å². The molecule has 0 radical (unpaired) electrons. The van der Waals surface area contributed by atoms with Crippen molar-refractivity contribution < 1.29 is 4.74 Å². The Bertz CT molecular complexity index is 668. The van der Waals surface area contributed by atoms with E-state index in [1.54, 1.807) is 0 Å². The third-order valence-electron chi connectivity index (χ3n) is 2.68. The number of halogens is 1. The number of ether oxygens (including phenoxy) is 1. The Morgan fingerprint density at radius 2 is 1.95 bits per heavy atom. The third-order valence-corrected chi connectivity index (χ3v) is 4.15. The van der Waals surface area contributed by atoms with E-state index in [1.807, 2.05) is 38.1 Å². The first-order valence-electron chi connectivity index (χ1n) is 6.36. The average molecular weight is 364 g/mol. The first-order chi connectivity index (χ1) is 10.1. The van der Waals surface area contributed by atoms with Crippen molar-refractivity contribution in [3.63, 3.8) is 0 Å². The van der Waals surface area contributed by atoms with E-state index in [0.717, 1.165) is 26.7 Å². The van der Waals surface area contributed by atoms with E-state index in [2.05, 4.69) is 32.0 Å². The Balaban J connectivity index is 1.92. The van der Waals surface area contributed by atoms with Gasteiger partial charge in [-0.1, -0.05) is 15.9 Å². The predicted octanol–water partition coefficient (Wildman–Crippen LogP) is 3.90. The standard InChI is InChI=1S/C15H14BrN3OS/c1-10-14(9-17)15(19-11(2)18-10)21-8-7-20-13-5-3-12(16)4-6-13/h3-6H,7-8H2,1-2H3. The van der Waals surface area contributed by atoms with Gasteiger partial charge in [0.25, 0.3) is 0 Å². The van der Waals surface area contributed by atoms with E-state index >= 15 is 0 Å². The molecular weight excluding hydrogens is 350 g/mol. The monoisotopic (exact) mass is 363 g/mol. The van der Waals surface area contributed by atoms with Crippen LogP contribution in [0.25, 0.3) is 0 Å². The lowest BCUT2D eigenvalue weighted by Gasteiger charge is -2.08. The molecular formula is C15H14BrN3OS. The van der Waals surface area contributed by atoms with Gasteiger partial charge in [-0.3, -0.25) is 0 Å². The summed E-state index contributed by atoms with van der Waals surface area (Å²) >= 11 is 4.90. The lowest BCUT2D eigenvalue weighted by atomic mass is 10.3. The quantitative estimate of drug-likeness (QED) is 0.458. The van der Waals surface area contributed by atoms with Gasteiger partial charge >= 0.3 is 0 Å². The number of hydrogen-bond donors (Lipinski definition) is 0. The van der Waals surface area contributed by atoms with Crippen LogP contribution in [0.3, 0.4) is 0 Å². The summed E-state index contributed by atoms with van der Waals surface area (Å²) in [6.45, 7) is 4.21. The van der Waals surface area contributed by atoms with Crippen LogP contribution in [0, 0.1) is 25.2 Å². The summed E-state index contributed by atoms with van der Waals surface area (Å²) in [5.41, 5.74) is 1.27. The molecule has 0 unspecified atom stereocenters. The number of hydrogen-bond acceptors (Lipinski definition) is 5. The van der Waals surface area contributed by atoms with Crippen LogP contribution >= 0.6 is 27.7 Å². The maximum atomic E-state index is 9.17. The molecule has 0 saturated heterocycles. The van der Waals surface area contributed by atoms with Crippen LogP contribution < -0.4 is 4.74 Å². The topological polar surface area (TPSA) is 58.8 Å². The summed E-state index contributed by atoms with van der Waals surface area (Å²) in [5, 5.41) is 9.90. The number of rotatable bonds is 5. The number of nitriles is 1. The fraction of sp³-hybridized carbons (Fsp3) is 0.267. The van der Waals surface area contributed by atoms with Crippen LogP contribution in [0.4, 0.5) is 0 Å². The van der Waals surface area contributed by atoms with E-state index in [0.29, 0.717) is 18.0 Å². The van der Waals surface area contributed by atoms with Crippen molar-refractivity contribution in [1.82, 2.24) is 9.97 Å². The van der Waals surface area contributed by atoms with Crippen LogP contribution in [-0.4, -0.2) is 22.3 Å². The SMILES string of the molecule is Cc1nc(C)c(C#N)c(SCCOc2ccc(Br)cc2)n1. The van der Waals surface area contributed by atoms with Gasteiger partial charge < -0.3 is 4.74 Å². The fourth-order valence-corrected chi connectivity index (χ4v) is 2.90. The first kappa shape index (κ1) is 15.8. The molecule has 0 aliphatic carbocycles. The lowest BCUT2D eigenvalue weighted by molar-refractivity contribution is 0.344. The van der Waals surface area contributed by atoms with Gasteiger partial charge in [0.05, 0.1) is 12.3 Å². The van der Waals surface area contributed by atoms with Gasteiger partial charge in [0.2, 0.25) is 0 Å². The van der Waals surface area contributed by atoms with Crippen LogP contribution in [0.5, 0.6) is 5.75 Å². The third kappa shape index (κ3) is 4.45. The van der Waals surface area contributed by atoms with Gasteiger partial charge in [0, 0.05) is 10.2 Å². The zero-order chi connectivity index (χ0) is 15.2. The van der Waals surface area contributed by atoms with Crippen LogP contribution in [0.1, 0.15) is 17.1 Å². The normalized spacial score (nSPS) is 10.2. The molecule has 6 heteroatoms. The zero-order valence-electron chi connectivity index (χ0n) is 11.8. The van der Waals surface area contributed by atoms with Crippen molar-refractivity contribution in [2.75, 3.05) is 12.4 Å². The second kappa shape index (κ2) is 7.43. The van der Waals surface area contributed by atoms with Crippen molar-refractivity contribution in [3.8, 4) is 11.8 Å². The molecule has 0 atom stereocenters. The highest BCUT2D eigenvalue weighted by Gasteiger charge is 2.10. The molecule has 0 bridgehead atoms. The second-order valence-electron chi connectivity index (χ2n) is 4.30. The summed E-state index contributed by atoms with van der Waals surface area (Å²) in [6, 6.07) is 9.86. The van der Waals surface area contributed by atoms with Crippen molar-refractivity contribution in [1.29, 1.82) is 5.26 Å². The maximum Gasteiger partial charge on any atom is 0.126 e. The van der Waals surface area contributed by atoms with E-state index in [4.69, 9.17) is 4.74 Å². The number of aromatic nitrogens is 2. The van der Waals surface area contributed by atoms with E-state index in [-0.39, 0.29) is 0 Å². The molecule has 2 aromatic rings. The summed E-state index contributed by atoms with van der Waals surface area (Å²) in [4.78, 5) is 8.54. The second-order valence-corrected chi connectivity index (χ2v) is 6.30. The summed E-state index contributed by atoms with van der Waals surface area (Å²) in [7, 11) is 0. The van der Waals surface area contributed by atoms with Gasteiger partial charge in [-0.2, -0.15) is 5.26 Å². The van der Waals surface area contributed by atoms with Crippen molar-refractivity contribution in [3.05, 3.63) is 45.8 Å². The predicted molar refractivity (Wildman–Crippen MR) is 86.6 cm³/mol. The van der Waals surface area contributed by atoms with Crippen molar-refractivity contribution >= 4 is 27.7 Å². The molecule has 4 nitrogen and oxygen atoms in total. The fourth-order valence-electron chi connectivity index (χ4n) is 1.74. The Morgan fingerprint density at radius 3 is 2.62 bits per heavy atom. The Labute approximate surface area is 136 Å². The Kier molecular flexibility index (Phi) is 5.59. The van der Waals surface area contributed by atoms with E-state index in [1.165, 1.54) is 11.8 Å². The number of thioether (sulfide) groups is 1. The summed E-state index contributed by atoms with van der Waals surface area (Å²) < 4.78 is 6.67. The molecule has 1 heterocycles. The summed E-state index contributed by atoms with van der Waals surface area (Å²) in [6.07, 6.45) is 0. The molecule has 0 amide bonds. The molecule has 0 spiro atoms. The highest BCUT2D eigenvalue weighted by Crippen LogP contribution is 2.22. The lowest BCUT2D eigenvalue weighted by Crippen LogP contribution is -2.03. The molecule has 108 valence electrons. The number of benzene rings is 1. The molecule has 2 rings (SSSR count). The molecule has 0 saturated carbocycles. The van der Waals surface area contributed by atoms with Crippen LogP contribution in [0.2, 0.25) is 0 Å². The molecule has 0 aliphatic rings. The Hall–Kier alpha value is -1.58. The average Bonchev–Trinajstić information content (AvgIpc) is 2.45. The summed E-state index contributed by atoms with van der Waals surface area (Å²) in [5.74, 6) is 2.23. The van der Waals surface area contributed by atoms with Gasteiger partial charge in [-0.05, 0) is 38.1 Å². The van der Waals surface area contributed by atoms with Crippen molar-refractivity contribution in [2.45, 2.75) is 18.9 Å². The Morgan fingerprint density at radius 1 is 1.24 bits per heavy atom. The van der Waals surface area contributed by atoms with Gasteiger partial charge in [-0.25, -0.2) is 9.97 Å². The smallest absolute Gasteiger partial charge is 0.126 e. The minimum atomic E-state index is 0.550. The van der Waals surface area contributed by atoms with Crippen LogP contribution in [0.15, 0.2) is 33.8 Å². The van der Waals surface area contributed by atoms with Crippen molar-refractivity contribution in [2.24, 2.45) is 0 Å². The minimum Gasteiger partial charge on any atom is -0.493 e. The highest BCUT2D eigenvalue weighted by molar-refractivity contribution is 9.10. The highest BCUT2D eigenvalue weighted by atomic mass is 79.9. The molecule has 21 heavy (non-hydrogen) atoms. The number of nitrogens with zero attached hydrogens (tertiary/aromatic N) is 3. The van der Waals surface area contributed by atoms with Gasteiger partial charge in [0.1, 0.15) is 28.2 Å². The molecule has 0 fully saturated rings. The van der Waals surface area contributed by atoms with Gasteiger partial charge in [-0.15, -0.1) is 11.8 Å². The van der Waals surface area contributed by atoms with Crippen LogP contribution in [-0.2, 0) is 0 Å². The minimum absolute atomic E-state index is 0.550. The largest absolute Gasteiger partial charge is 0.493 e. The molecule has 0 N–H and O–H groups in total. The molecule has 0 aliphatic heterocycles. The van der Waals surface area contributed by atoms with Gasteiger partial charge in [0.15, 0.2) is 0 Å². The first-order valence-corrected chi connectivity index (χ1v) is 8.14.